The van der Waals surface area contributed by atoms with Crippen LogP contribution in [0.25, 0.3) is 0 Å². The zero-order valence-electron chi connectivity index (χ0n) is 14.7. The minimum atomic E-state index is -3.01. The van der Waals surface area contributed by atoms with Gasteiger partial charge in [-0.15, -0.1) is 6.58 Å². The summed E-state index contributed by atoms with van der Waals surface area (Å²) in [4.78, 5) is 11.8. The molecule has 0 aromatic carbocycles. The topological polar surface area (TPSA) is 87.1 Å². The molecule has 1 N–H and O–H groups in total. The van der Waals surface area contributed by atoms with Crippen LogP contribution in [0.3, 0.4) is 0 Å². The highest BCUT2D eigenvalue weighted by Gasteiger charge is 2.46. The number of aromatic amines is 1. The first-order valence-electron chi connectivity index (χ1n) is 8.82. The van der Waals surface area contributed by atoms with Crippen LogP contribution in [-0.4, -0.2) is 74.6 Å². The summed E-state index contributed by atoms with van der Waals surface area (Å²) in [6, 6.07) is 0.0553. The molecule has 2 atom stereocenters. The van der Waals surface area contributed by atoms with Crippen LogP contribution in [0.5, 0.6) is 0 Å². The van der Waals surface area contributed by atoms with E-state index in [0.717, 1.165) is 30.9 Å². The predicted octanol–water partition coefficient (Wildman–Crippen LogP) is 0.276. The summed E-state index contributed by atoms with van der Waals surface area (Å²) >= 11 is 0. The Labute approximate surface area is 153 Å². The summed E-state index contributed by atoms with van der Waals surface area (Å²) in [6.07, 6.45) is 9.15. The van der Waals surface area contributed by atoms with Crippen molar-refractivity contribution in [1.82, 2.24) is 29.5 Å². The Kier molecular flexibility index (Phi) is 4.68. The maximum atomic E-state index is 12.3. The van der Waals surface area contributed by atoms with Gasteiger partial charge in [0, 0.05) is 61.9 Å². The number of hydrogen-bond acceptors (Lipinski definition) is 6. The molecule has 0 aliphatic carbocycles. The van der Waals surface area contributed by atoms with E-state index < -0.39 is 9.84 Å². The van der Waals surface area contributed by atoms with Crippen molar-refractivity contribution in [2.24, 2.45) is 0 Å². The Morgan fingerprint density at radius 1 is 1.19 bits per heavy atom. The molecule has 9 heteroatoms. The molecule has 8 nitrogen and oxygen atoms in total. The maximum absolute atomic E-state index is 12.3. The van der Waals surface area contributed by atoms with E-state index in [0.29, 0.717) is 13.1 Å². The van der Waals surface area contributed by atoms with E-state index in [-0.39, 0.29) is 23.6 Å². The van der Waals surface area contributed by atoms with E-state index in [2.05, 4.69) is 31.4 Å². The van der Waals surface area contributed by atoms with E-state index in [1.807, 2.05) is 23.2 Å². The van der Waals surface area contributed by atoms with Crippen LogP contribution in [0.15, 0.2) is 37.6 Å². The molecule has 0 amide bonds. The van der Waals surface area contributed by atoms with Gasteiger partial charge < -0.3 is 4.98 Å². The lowest BCUT2D eigenvalue weighted by Gasteiger charge is -2.43. The van der Waals surface area contributed by atoms with Gasteiger partial charge in [0.25, 0.3) is 0 Å². The number of nitrogens with one attached hydrogen (secondary N) is 1. The number of fused-ring (bicyclic) bond motifs is 1. The van der Waals surface area contributed by atoms with Gasteiger partial charge in [0.2, 0.25) is 0 Å². The molecular formula is C17H24N6O2S. The van der Waals surface area contributed by atoms with Crippen LogP contribution in [0, 0.1) is 0 Å². The molecule has 2 fully saturated rings. The van der Waals surface area contributed by atoms with Crippen molar-refractivity contribution in [2.45, 2.75) is 31.7 Å². The highest BCUT2D eigenvalue weighted by atomic mass is 32.2. The lowest BCUT2D eigenvalue weighted by atomic mass is 10.0. The van der Waals surface area contributed by atoms with Gasteiger partial charge in [-0.25, -0.2) is 13.4 Å². The summed E-state index contributed by atoms with van der Waals surface area (Å²) in [5, 5.41) is 4.33. The largest absolute Gasteiger partial charge is 0.347 e. The van der Waals surface area contributed by atoms with E-state index in [9.17, 15) is 8.42 Å². The Hall–Kier alpha value is -1.97. The number of H-pyrrole nitrogens is 1. The van der Waals surface area contributed by atoms with E-state index >= 15 is 0 Å². The molecule has 0 radical (unpaired) electrons. The number of nitrogens with zero attached hydrogens (tertiary/aromatic N) is 5. The van der Waals surface area contributed by atoms with Crippen molar-refractivity contribution in [3.8, 4) is 0 Å². The van der Waals surface area contributed by atoms with E-state index in [1.54, 1.807) is 12.5 Å². The molecule has 26 heavy (non-hydrogen) atoms. The number of hydrogen-bond donors (Lipinski definition) is 1. The third-order valence-corrected chi connectivity index (χ3v) is 6.92. The Morgan fingerprint density at radius 3 is 2.58 bits per heavy atom. The van der Waals surface area contributed by atoms with Gasteiger partial charge in [-0.05, 0) is 0 Å². The van der Waals surface area contributed by atoms with Gasteiger partial charge in [0.15, 0.2) is 9.84 Å². The molecule has 2 saturated heterocycles. The maximum Gasteiger partial charge on any atom is 0.153 e. The average molecular weight is 376 g/mol. The second-order valence-corrected chi connectivity index (χ2v) is 9.24. The van der Waals surface area contributed by atoms with Crippen molar-refractivity contribution >= 4 is 9.84 Å². The molecule has 2 aliphatic rings. The van der Waals surface area contributed by atoms with Crippen molar-refractivity contribution in [1.29, 1.82) is 0 Å². The molecule has 4 rings (SSSR count). The van der Waals surface area contributed by atoms with Crippen molar-refractivity contribution in [3.05, 3.63) is 48.8 Å². The van der Waals surface area contributed by atoms with Crippen LogP contribution in [0.2, 0.25) is 0 Å². The van der Waals surface area contributed by atoms with Crippen LogP contribution in [-0.2, 0) is 29.5 Å². The third kappa shape index (κ3) is 3.60. The van der Waals surface area contributed by atoms with Crippen LogP contribution < -0.4 is 0 Å². The molecular weight excluding hydrogens is 352 g/mol. The zero-order valence-corrected chi connectivity index (χ0v) is 15.5. The number of aromatic nitrogens is 4. The molecule has 2 aromatic rings. The lowest BCUT2D eigenvalue weighted by molar-refractivity contribution is 0.0348. The molecule has 0 unspecified atom stereocenters. The zero-order chi connectivity index (χ0) is 18.1. The first-order valence-corrected chi connectivity index (χ1v) is 10.6. The Balaban J connectivity index is 1.50. The van der Waals surface area contributed by atoms with Gasteiger partial charge in [-0.3, -0.25) is 14.5 Å². The fourth-order valence-corrected chi connectivity index (χ4v) is 6.08. The summed E-state index contributed by atoms with van der Waals surface area (Å²) in [6.45, 7) is 7.53. The van der Waals surface area contributed by atoms with Crippen molar-refractivity contribution < 1.29 is 8.42 Å². The Morgan fingerprint density at radius 2 is 1.92 bits per heavy atom. The van der Waals surface area contributed by atoms with Crippen LogP contribution in [0.4, 0.5) is 0 Å². The number of rotatable bonds is 6. The molecule has 4 heterocycles. The second kappa shape index (κ2) is 6.98. The lowest BCUT2D eigenvalue weighted by Crippen LogP contribution is -2.58. The fourth-order valence-electron chi connectivity index (χ4n) is 4.03. The minimum Gasteiger partial charge on any atom is -0.347 e. The van der Waals surface area contributed by atoms with Crippen molar-refractivity contribution in [2.75, 3.05) is 24.6 Å². The summed E-state index contributed by atoms with van der Waals surface area (Å²) in [7, 11) is -3.01. The normalized spacial score (nSPS) is 26.0. The summed E-state index contributed by atoms with van der Waals surface area (Å²) in [5.41, 5.74) is 2.13. The standard InChI is InChI=1S/C17H24N6O2S/c1-2-3-23-9-14(6-20-23)8-21-4-5-22(10-15-7-18-13-19-15)17-12-26(24,25)11-16(17)21/h2,6-7,9,13,16-17H,1,3-5,8,10-12H2,(H,18,19)/t16-,17+/m0/s1. The fraction of sp³-hybridized carbons (Fsp3) is 0.529. The van der Waals surface area contributed by atoms with Gasteiger partial charge in [0.1, 0.15) is 0 Å². The van der Waals surface area contributed by atoms with E-state index in [1.165, 1.54) is 0 Å². The molecule has 2 aliphatic heterocycles. The third-order valence-electron chi connectivity index (χ3n) is 5.22. The van der Waals surface area contributed by atoms with Crippen molar-refractivity contribution in [3.63, 3.8) is 0 Å². The van der Waals surface area contributed by atoms with Crippen LogP contribution in [0.1, 0.15) is 11.3 Å². The molecule has 140 valence electrons. The van der Waals surface area contributed by atoms with Gasteiger partial charge in [-0.2, -0.15) is 5.10 Å². The predicted molar refractivity (Wildman–Crippen MR) is 98.1 cm³/mol. The first-order chi connectivity index (χ1) is 12.5. The summed E-state index contributed by atoms with van der Waals surface area (Å²) < 4.78 is 26.5. The molecule has 0 saturated carbocycles. The first kappa shape index (κ1) is 17.4. The van der Waals surface area contributed by atoms with Gasteiger partial charge in [0.05, 0.1) is 30.6 Å². The summed E-state index contributed by atoms with van der Waals surface area (Å²) in [5.74, 6) is 0.468. The monoisotopic (exact) mass is 376 g/mol. The SMILES string of the molecule is C=CCn1cc(CN2CCN(Cc3cnc[nH]3)[C@@H]3CS(=O)(=O)C[C@@H]32)cn1. The number of allylic oxidation sites excluding steroid dienone is 1. The molecule has 0 spiro atoms. The molecule has 0 bridgehead atoms. The van der Waals surface area contributed by atoms with Crippen LogP contribution >= 0.6 is 0 Å². The minimum absolute atomic E-state index is 0.0272. The Bertz CT molecular complexity index is 860. The smallest absolute Gasteiger partial charge is 0.153 e. The average Bonchev–Trinajstić information content (AvgIpc) is 3.30. The number of piperazine rings is 1. The second-order valence-electron chi connectivity index (χ2n) is 7.09. The van der Waals surface area contributed by atoms with Gasteiger partial charge in [-0.1, -0.05) is 6.08 Å². The number of imidazole rings is 1. The number of sulfone groups is 1. The van der Waals surface area contributed by atoms with Gasteiger partial charge >= 0.3 is 0 Å². The molecule has 2 aromatic heterocycles. The van der Waals surface area contributed by atoms with E-state index in [4.69, 9.17) is 0 Å². The quantitative estimate of drug-likeness (QED) is 0.729. The highest BCUT2D eigenvalue weighted by molar-refractivity contribution is 7.91. The highest BCUT2D eigenvalue weighted by Crippen LogP contribution is 2.29.